The van der Waals surface area contributed by atoms with E-state index in [1.54, 1.807) is 17.6 Å². The van der Waals surface area contributed by atoms with Gasteiger partial charge in [-0.3, -0.25) is 0 Å². The van der Waals surface area contributed by atoms with Crippen molar-refractivity contribution in [1.29, 1.82) is 0 Å². The Kier molecular flexibility index (Phi) is 3.96. The second-order valence-corrected chi connectivity index (χ2v) is 6.46. The summed E-state index contributed by atoms with van der Waals surface area (Å²) in [5.41, 5.74) is 2.53. The molecule has 1 N–H and O–H groups in total. The Labute approximate surface area is 130 Å². The molecule has 3 aromatic rings. The normalized spacial score (nSPS) is 12.9. The van der Waals surface area contributed by atoms with E-state index in [9.17, 15) is 0 Å². The van der Waals surface area contributed by atoms with Crippen LogP contribution in [0.15, 0.2) is 44.8 Å². The van der Waals surface area contributed by atoms with Gasteiger partial charge in [0.15, 0.2) is 0 Å². The Balaban J connectivity index is 2.15. The van der Waals surface area contributed by atoms with Gasteiger partial charge < -0.3 is 9.73 Å². The maximum Gasteiger partial charge on any atom is 0.105 e. The Bertz CT molecular complexity index is 731. The van der Waals surface area contributed by atoms with E-state index in [2.05, 4.69) is 57.8 Å². The SMILES string of the molecule is CCNC(c1ccoc1C)c1csc2c(Br)cccc12. The van der Waals surface area contributed by atoms with Gasteiger partial charge in [-0.25, -0.2) is 0 Å². The van der Waals surface area contributed by atoms with E-state index in [0.29, 0.717) is 0 Å². The molecule has 2 nitrogen and oxygen atoms in total. The minimum Gasteiger partial charge on any atom is -0.469 e. The summed E-state index contributed by atoms with van der Waals surface area (Å²) >= 11 is 5.41. The van der Waals surface area contributed by atoms with Crippen LogP contribution >= 0.6 is 27.3 Å². The summed E-state index contributed by atoms with van der Waals surface area (Å²) in [6.07, 6.45) is 1.76. The molecule has 0 amide bonds. The number of aryl methyl sites for hydroxylation is 1. The first-order valence-electron chi connectivity index (χ1n) is 6.65. The fourth-order valence-electron chi connectivity index (χ4n) is 2.55. The zero-order chi connectivity index (χ0) is 14.1. The highest BCUT2D eigenvalue weighted by Crippen LogP contribution is 2.38. The number of benzene rings is 1. The van der Waals surface area contributed by atoms with Gasteiger partial charge >= 0.3 is 0 Å². The molecule has 0 aliphatic carbocycles. The van der Waals surface area contributed by atoms with Crippen molar-refractivity contribution in [3.8, 4) is 0 Å². The van der Waals surface area contributed by atoms with Crippen LogP contribution in [0.2, 0.25) is 0 Å². The third-order valence-corrected chi connectivity index (χ3v) is 5.48. The summed E-state index contributed by atoms with van der Waals surface area (Å²) in [5, 5.41) is 7.12. The van der Waals surface area contributed by atoms with Gasteiger partial charge in [-0.1, -0.05) is 19.1 Å². The van der Waals surface area contributed by atoms with E-state index in [0.717, 1.165) is 16.8 Å². The number of furan rings is 1. The van der Waals surface area contributed by atoms with Gasteiger partial charge in [0.2, 0.25) is 0 Å². The minimum absolute atomic E-state index is 0.182. The molecule has 0 fully saturated rings. The van der Waals surface area contributed by atoms with Crippen LogP contribution in [0.5, 0.6) is 0 Å². The molecule has 4 heteroatoms. The first kappa shape index (κ1) is 13.9. The third-order valence-electron chi connectivity index (χ3n) is 3.51. The lowest BCUT2D eigenvalue weighted by molar-refractivity contribution is 0.520. The molecule has 0 saturated heterocycles. The molecule has 0 aliphatic heterocycles. The van der Waals surface area contributed by atoms with Gasteiger partial charge in [0.1, 0.15) is 5.76 Å². The third kappa shape index (κ3) is 2.32. The van der Waals surface area contributed by atoms with E-state index in [1.165, 1.54) is 21.2 Å². The molecule has 0 radical (unpaired) electrons. The van der Waals surface area contributed by atoms with Crippen LogP contribution in [0.4, 0.5) is 0 Å². The highest BCUT2D eigenvalue weighted by Gasteiger charge is 2.20. The lowest BCUT2D eigenvalue weighted by atomic mass is 9.98. The van der Waals surface area contributed by atoms with Crippen LogP contribution in [-0.4, -0.2) is 6.54 Å². The molecular formula is C16H16BrNOS. The van der Waals surface area contributed by atoms with Gasteiger partial charge in [0.25, 0.3) is 0 Å². The average Bonchev–Trinajstić information content (AvgIpc) is 3.04. The lowest BCUT2D eigenvalue weighted by Crippen LogP contribution is -2.21. The van der Waals surface area contributed by atoms with E-state index < -0.39 is 0 Å². The summed E-state index contributed by atoms with van der Waals surface area (Å²) in [5.74, 6) is 0.977. The van der Waals surface area contributed by atoms with Crippen molar-refractivity contribution in [2.45, 2.75) is 19.9 Å². The molecule has 0 saturated carbocycles. The Morgan fingerprint density at radius 1 is 1.30 bits per heavy atom. The summed E-state index contributed by atoms with van der Waals surface area (Å²) < 4.78 is 7.94. The molecule has 1 aromatic carbocycles. The number of hydrogen-bond donors (Lipinski definition) is 1. The summed E-state index contributed by atoms with van der Waals surface area (Å²) in [6, 6.07) is 8.61. The van der Waals surface area contributed by atoms with Crippen LogP contribution in [0, 0.1) is 6.92 Å². The molecular weight excluding hydrogens is 334 g/mol. The van der Waals surface area contributed by atoms with Gasteiger partial charge in [-0.05, 0) is 57.9 Å². The molecule has 2 heterocycles. The first-order chi connectivity index (χ1) is 9.72. The zero-order valence-corrected chi connectivity index (χ0v) is 13.8. The van der Waals surface area contributed by atoms with Crippen molar-refractivity contribution in [1.82, 2.24) is 5.32 Å². The average molecular weight is 350 g/mol. The molecule has 20 heavy (non-hydrogen) atoms. The van der Waals surface area contributed by atoms with Crippen molar-refractivity contribution in [2.75, 3.05) is 6.54 Å². The number of rotatable bonds is 4. The fraction of sp³-hybridized carbons (Fsp3) is 0.250. The van der Waals surface area contributed by atoms with Crippen LogP contribution in [0.3, 0.4) is 0 Å². The van der Waals surface area contributed by atoms with Crippen LogP contribution in [0.1, 0.15) is 29.9 Å². The predicted molar refractivity (Wildman–Crippen MR) is 88.5 cm³/mol. The maximum atomic E-state index is 5.48. The lowest BCUT2D eigenvalue weighted by Gasteiger charge is -2.17. The molecule has 0 bridgehead atoms. The molecule has 2 aromatic heterocycles. The van der Waals surface area contributed by atoms with E-state index in [4.69, 9.17) is 4.42 Å². The van der Waals surface area contributed by atoms with E-state index >= 15 is 0 Å². The number of thiophene rings is 1. The number of hydrogen-bond acceptors (Lipinski definition) is 3. The van der Waals surface area contributed by atoms with Crippen molar-refractivity contribution in [3.63, 3.8) is 0 Å². The van der Waals surface area contributed by atoms with Crippen LogP contribution in [0.25, 0.3) is 10.1 Å². The quantitative estimate of drug-likeness (QED) is 0.694. The topological polar surface area (TPSA) is 25.2 Å². The number of halogens is 1. The van der Waals surface area contributed by atoms with Gasteiger partial charge in [0.05, 0.1) is 12.3 Å². The van der Waals surface area contributed by atoms with Crippen LogP contribution < -0.4 is 5.32 Å². The van der Waals surface area contributed by atoms with Gasteiger partial charge in [-0.15, -0.1) is 11.3 Å². The minimum atomic E-state index is 0.182. The number of nitrogens with one attached hydrogen (secondary N) is 1. The zero-order valence-electron chi connectivity index (χ0n) is 11.4. The predicted octanol–water partition coefficient (Wildman–Crippen LogP) is 5.26. The standard InChI is InChI=1S/C16H16BrNOS/c1-3-18-15(11-7-8-19-10(11)2)13-9-20-16-12(13)5-4-6-14(16)17/h4-9,15,18H,3H2,1-2H3. The molecule has 104 valence electrons. The van der Waals surface area contributed by atoms with Crippen molar-refractivity contribution >= 4 is 37.4 Å². The highest BCUT2D eigenvalue weighted by atomic mass is 79.9. The summed E-state index contributed by atoms with van der Waals surface area (Å²) in [4.78, 5) is 0. The highest BCUT2D eigenvalue weighted by molar-refractivity contribution is 9.10. The second-order valence-electron chi connectivity index (χ2n) is 4.73. The largest absolute Gasteiger partial charge is 0.469 e. The molecule has 0 aliphatic rings. The van der Waals surface area contributed by atoms with Gasteiger partial charge in [0, 0.05) is 14.7 Å². The van der Waals surface area contributed by atoms with Crippen molar-refractivity contribution in [2.24, 2.45) is 0 Å². The van der Waals surface area contributed by atoms with Gasteiger partial charge in [-0.2, -0.15) is 0 Å². The molecule has 1 atom stereocenters. The van der Waals surface area contributed by atoms with Crippen LogP contribution in [-0.2, 0) is 0 Å². The Hall–Kier alpha value is -1.10. The second kappa shape index (κ2) is 5.72. The molecule has 0 spiro atoms. The molecule has 1 unspecified atom stereocenters. The fourth-order valence-corrected chi connectivity index (χ4v) is 4.20. The Morgan fingerprint density at radius 2 is 2.15 bits per heavy atom. The summed E-state index contributed by atoms with van der Waals surface area (Å²) in [7, 11) is 0. The molecule has 3 rings (SSSR count). The number of fused-ring (bicyclic) bond motifs is 1. The smallest absolute Gasteiger partial charge is 0.105 e. The monoisotopic (exact) mass is 349 g/mol. The van der Waals surface area contributed by atoms with E-state index in [1.807, 2.05) is 6.92 Å². The van der Waals surface area contributed by atoms with Crippen molar-refractivity contribution in [3.05, 3.63) is 57.3 Å². The van der Waals surface area contributed by atoms with Crippen molar-refractivity contribution < 1.29 is 4.42 Å². The van der Waals surface area contributed by atoms with E-state index in [-0.39, 0.29) is 6.04 Å². The first-order valence-corrected chi connectivity index (χ1v) is 8.32. The Morgan fingerprint density at radius 3 is 2.85 bits per heavy atom. The maximum absolute atomic E-state index is 5.48. The summed E-state index contributed by atoms with van der Waals surface area (Å²) in [6.45, 7) is 5.07.